The standard InChI is InChI=1S/C20H27N5O/c1-13-17(9-21)19(23-12-22-13)24-16-4-3-14-10-25(11-15(14)7-16)18(26)8-20(2)5-6-20/h12,14-16H,3-8,10-11H2,1-2H3,(H,22,23,24). The van der Waals surface area contributed by atoms with Crippen LogP contribution in [0.1, 0.15) is 56.7 Å². The zero-order valence-electron chi connectivity index (χ0n) is 15.7. The molecule has 1 saturated heterocycles. The predicted molar refractivity (Wildman–Crippen MR) is 98.3 cm³/mol. The summed E-state index contributed by atoms with van der Waals surface area (Å²) in [5.41, 5.74) is 1.54. The van der Waals surface area contributed by atoms with Crippen molar-refractivity contribution in [1.29, 1.82) is 5.26 Å². The lowest BCUT2D eigenvalue weighted by Gasteiger charge is -2.31. The summed E-state index contributed by atoms with van der Waals surface area (Å²) in [7, 11) is 0. The number of likely N-dealkylation sites (tertiary alicyclic amines) is 1. The van der Waals surface area contributed by atoms with Gasteiger partial charge in [-0.3, -0.25) is 4.79 Å². The molecule has 1 aliphatic heterocycles. The van der Waals surface area contributed by atoms with Gasteiger partial charge in [-0.25, -0.2) is 9.97 Å². The molecule has 6 heteroatoms. The number of nitrogens with one attached hydrogen (secondary N) is 1. The van der Waals surface area contributed by atoms with E-state index in [-0.39, 0.29) is 5.41 Å². The molecule has 2 heterocycles. The van der Waals surface area contributed by atoms with Crippen LogP contribution in [0.4, 0.5) is 5.82 Å². The number of amides is 1. The Morgan fingerprint density at radius 2 is 2.12 bits per heavy atom. The van der Waals surface area contributed by atoms with Crippen LogP contribution in [0.15, 0.2) is 6.33 Å². The van der Waals surface area contributed by atoms with Gasteiger partial charge in [-0.05, 0) is 56.3 Å². The number of aromatic nitrogens is 2. The van der Waals surface area contributed by atoms with Gasteiger partial charge >= 0.3 is 0 Å². The molecule has 0 aromatic carbocycles. The minimum absolute atomic E-state index is 0.285. The number of nitrogens with zero attached hydrogens (tertiary/aromatic N) is 4. The van der Waals surface area contributed by atoms with Crippen LogP contribution in [0.2, 0.25) is 0 Å². The van der Waals surface area contributed by atoms with Crippen molar-refractivity contribution < 1.29 is 4.79 Å². The van der Waals surface area contributed by atoms with E-state index in [1.165, 1.54) is 19.2 Å². The molecule has 2 aliphatic carbocycles. The van der Waals surface area contributed by atoms with E-state index in [9.17, 15) is 10.1 Å². The van der Waals surface area contributed by atoms with Crippen molar-refractivity contribution in [1.82, 2.24) is 14.9 Å². The lowest BCUT2D eigenvalue weighted by atomic mass is 9.79. The number of fused-ring (bicyclic) bond motifs is 1. The van der Waals surface area contributed by atoms with Crippen LogP contribution in [0.25, 0.3) is 0 Å². The second-order valence-electron chi connectivity index (χ2n) is 8.76. The molecule has 0 spiro atoms. The van der Waals surface area contributed by atoms with Gasteiger partial charge in [0.15, 0.2) is 0 Å². The Bertz CT molecular complexity index is 751. The molecular weight excluding hydrogens is 326 g/mol. The topological polar surface area (TPSA) is 81.9 Å². The van der Waals surface area contributed by atoms with Gasteiger partial charge in [0.2, 0.25) is 5.91 Å². The molecule has 3 fully saturated rings. The first kappa shape index (κ1) is 17.3. The highest BCUT2D eigenvalue weighted by Gasteiger charge is 2.44. The first-order valence-electron chi connectivity index (χ1n) is 9.73. The third kappa shape index (κ3) is 3.40. The molecule has 1 aromatic rings. The highest BCUT2D eigenvalue weighted by molar-refractivity contribution is 5.77. The van der Waals surface area contributed by atoms with Crippen molar-refractivity contribution in [2.45, 2.75) is 58.4 Å². The number of aryl methyl sites for hydroxylation is 1. The number of nitriles is 1. The molecule has 0 bridgehead atoms. The quantitative estimate of drug-likeness (QED) is 0.900. The third-order valence-electron chi connectivity index (χ3n) is 6.57. The molecule has 138 valence electrons. The summed E-state index contributed by atoms with van der Waals surface area (Å²) in [4.78, 5) is 23.1. The molecule has 0 radical (unpaired) electrons. The van der Waals surface area contributed by atoms with E-state index >= 15 is 0 Å². The Hall–Kier alpha value is -2.16. The fourth-order valence-corrected chi connectivity index (χ4v) is 4.54. The van der Waals surface area contributed by atoms with Crippen molar-refractivity contribution in [2.24, 2.45) is 17.3 Å². The number of hydrogen-bond donors (Lipinski definition) is 1. The number of carbonyl (C=O) groups excluding carboxylic acids is 1. The maximum Gasteiger partial charge on any atom is 0.223 e. The third-order valence-corrected chi connectivity index (χ3v) is 6.57. The highest BCUT2D eigenvalue weighted by Crippen LogP contribution is 2.49. The molecule has 1 N–H and O–H groups in total. The minimum Gasteiger partial charge on any atom is -0.366 e. The Morgan fingerprint density at radius 3 is 2.85 bits per heavy atom. The van der Waals surface area contributed by atoms with Gasteiger partial charge < -0.3 is 10.2 Å². The van der Waals surface area contributed by atoms with E-state index in [0.717, 1.165) is 38.8 Å². The predicted octanol–water partition coefficient (Wildman–Crippen LogP) is 2.89. The molecule has 3 aliphatic rings. The van der Waals surface area contributed by atoms with Crippen LogP contribution in [-0.4, -0.2) is 39.9 Å². The Kier molecular flexibility index (Phi) is 4.34. The lowest BCUT2D eigenvalue weighted by Crippen LogP contribution is -2.32. The lowest BCUT2D eigenvalue weighted by molar-refractivity contribution is -0.131. The second kappa shape index (κ2) is 6.53. The smallest absolute Gasteiger partial charge is 0.223 e. The molecular formula is C20H27N5O. The van der Waals surface area contributed by atoms with E-state index in [4.69, 9.17) is 0 Å². The Labute approximate surface area is 155 Å². The molecule has 3 unspecified atom stereocenters. The highest BCUT2D eigenvalue weighted by atomic mass is 16.2. The van der Waals surface area contributed by atoms with Crippen molar-refractivity contribution in [3.05, 3.63) is 17.6 Å². The van der Waals surface area contributed by atoms with E-state index in [0.29, 0.717) is 40.9 Å². The average Bonchev–Trinajstić information content (AvgIpc) is 3.18. The van der Waals surface area contributed by atoms with Gasteiger partial charge in [0.1, 0.15) is 23.8 Å². The summed E-state index contributed by atoms with van der Waals surface area (Å²) in [5, 5.41) is 12.8. The van der Waals surface area contributed by atoms with Crippen molar-refractivity contribution in [3.8, 4) is 6.07 Å². The van der Waals surface area contributed by atoms with Gasteiger partial charge in [0.25, 0.3) is 0 Å². The molecule has 1 aromatic heterocycles. The summed E-state index contributed by atoms with van der Waals surface area (Å²) in [6.07, 6.45) is 7.87. The second-order valence-corrected chi connectivity index (χ2v) is 8.76. The van der Waals surface area contributed by atoms with Crippen LogP contribution in [0, 0.1) is 35.5 Å². The fourth-order valence-electron chi connectivity index (χ4n) is 4.54. The average molecular weight is 353 g/mol. The van der Waals surface area contributed by atoms with Crippen molar-refractivity contribution in [2.75, 3.05) is 18.4 Å². The Balaban J connectivity index is 1.37. The first-order valence-corrected chi connectivity index (χ1v) is 9.73. The zero-order chi connectivity index (χ0) is 18.3. The summed E-state index contributed by atoms with van der Waals surface area (Å²) in [6, 6.07) is 2.52. The first-order chi connectivity index (χ1) is 12.5. The largest absolute Gasteiger partial charge is 0.366 e. The van der Waals surface area contributed by atoms with E-state index in [1.54, 1.807) is 0 Å². The Morgan fingerprint density at radius 1 is 1.35 bits per heavy atom. The normalized spacial score (nSPS) is 29.0. The number of rotatable bonds is 4. The van der Waals surface area contributed by atoms with Crippen LogP contribution in [0.3, 0.4) is 0 Å². The number of anilines is 1. The van der Waals surface area contributed by atoms with Crippen LogP contribution >= 0.6 is 0 Å². The van der Waals surface area contributed by atoms with Gasteiger partial charge in [-0.15, -0.1) is 0 Å². The van der Waals surface area contributed by atoms with Crippen LogP contribution in [-0.2, 0) is 4.79 Å². The summed E-state index contributed by atoms with van der Waals surface area (Å²) >= 11 is 0. The fraction of sp³-hybridized carbons (Fsp3) is 0.700. The monoisotopic (exact) mass is 353 g/mol. The van der Waals surface area contributed by atoms with E-state index in [1.807, 2.05) is 6.92 Å². The van der Waals surface area contributed by atoms with Gasteiger partial charge in [0.05, 0.1) is 5.69 Å². The van der Waals surface area contributed by atoms with Crippen molar-refractivity contribution in [3.63, 3.8) is 0 Å². The molecule has 4 rings (SSSR count). The van der Waals surface area contributed by atoms with E-state index < -0.39 is 0 Å². The summed E-state index contributed by atoms with van der Waals surface area (Å²) in [5.74, 6) is 2.19. The number of carbonyl (C=O) groups is 1. The summed E-state index contributed by atoms with van der Waals surface area (Å²) < 4.78 is 0. The molecule has 1 amide bonds. The maximum absolute atomic E-state index is 12.6. The van der Waals surface area contributed by atoms with Crippen LogP contribution in [0.5, 0.6) is 0 Å². The summed E-state index contributed by atoms with van der Waals surface area (Å²) in [6.45, 7) is 5.89. The molecule has 3 atom stereocenters. The van der Waals surface area contributed by atoms with Gasteiger partial charge in [-0.1, -0.05) is 6.92 Å². The molecule has 26 heavy (non-hydrogen) atoms. The zero-order valence-corrected chi connectivity index (χ0v) is 15.7. The SMILES string of the molecule is Cc1ncnc(NC2CCC3CN(C(=O)CC4(C)CC4)CC3C2)c1C#N. The van der Waals surface area contributed by atoms with Crippen molar-refractivity contribution >= 4 is 11.7 Å². The minimum atomic E-state index is 0.285. The van der Waals surface area contributed by atoms with Gasteiger partial charge in [-0.2, -0.15) is 5.26 Å². The number of hydrogen-bond acceptors (Lipinski definition) is 5. The van der Waals surface area contributed by atoms with Crippen LogP contribution < -0.4 is 5.32 Å². The molecule has 2 saturated carbocycles. The maximum atomic E-state index is 12.6. The van der Waals surface area contributed by atoms with E-state index in [2.05, 4.69) is 33.2 Å². The molecule has 6 nitrogen and oxygen atoms in total. The van der Waals surface area contributed by atoms with Gasteiger partial charge in [0, 0.05) is 25.6 Å².